The predicted molar refractivity (Wildman–Crippen MR) is 154 cm³/mol. The summed E-state index contributed by atoms with van der Waals surface area (Å²) < 4.78 is 0. The molecule has 3 aromatic carbocycles. The Morgan fingerprint density at radius 2 is 1.11 bits per heavy atom. The Balaban J connectivity index is 1.32. The van der Waals surface area contributed by atoms with Crippen LogP contribution in [0.4, 0.5) is 0 Å². The molecule has 2 nitrogen and oxygen atoms in total. The molecule has 0 aromatic heterocycles. The minimum Gasteiger partial charge on any atom is -0.388 e. The fraction of sp³-hybridized carbons (Fsp3) is 0.576. The Morgan fingerprint density at radius 3 is 1.77 bits per heavy atom. The van der Waals surface area contributed by atoms with Crippen LogP contribution in [-0.4, -0.2) is 29.6 Å². The van der Waals surface area contributed by atoms with Crippen molar-refractivity contribution in [2.75, 3.05) is 19.6 Å². The number of fused-ring (bicyclic) bond motifs is 3. The molecule has 0 heterocycles. The van der Waals surface area contributed by atoms with Crippen LogP contribution < -0.4 is 0 Å². The van der Waals surface area contributed by atoms with E-state index in [0.29, 0.717) is 0 Å². The summed E-state index contributed by atoms with van der Waals surface area (Å²) in [6.45, 7) is 8.46. The van der Waals surface area contributed by atoms with Crippen molar-refractivity contribution in [3.8, 4) is 0 Å². The lowest BCUT2D eigenvalue weighted by Crippen LogP contribution is -2.27. The number of nitrogens with zero attached hydrogens (tertiary/aromatic N) is 1. The molecule has 0 spiro atoms. The molecule has 3 rings (SSSR count). The molecule has 1 unspecified atom stereocenters. The molecule has 0 aliphatic rings. The zero-order valence-electron chi connectivity index (χ0n) is 22.5. The molecule has 0 aliphatic heterocycles. The lowest BCUT2D eigenvalue weighted by molar-refractivity contribution is 0.165. The lowest BCUT2D eigenvalue weighted by Gasteiger charge is -2.21. The van der Waals surface area contributed by atoms with Gasteiger partial charge in [0.05, 0.1) is 6.10 Å². The summed E-state index contributed by atoms with van der Waals surface area (Å²) in [5.74, 6) is 0. The second kappa shape index (κ2) is 16.0. The first kappa shape index (κ1) is 27.7. The van der Waals surface area contributed by atoms with E-state index in [2.05, 4.69) is 73.3 Å². The van der Waals surface area contributed by atoms with Gasteiger partial charge in [-0.1, -0.05) is 120 Å². The molecule has 2 heteroatoms. The van der Waals surface area contributed by atoms with Crippen LogP contribution in [0, 0.1) is 0 Å². The maximum atomic E-state index is 11.0. The van der Waals surface area contributed by atoms with Crippen LogP contribution in [0.1, 0.15) is 109 Å². The Bertz CT molecular complexity index is 973. The quantitative estimate of drug-likeness (QED) is 0.146. The van der Waals surface area contributed by atoms with Gasteiger partial charge in [-0.25, -0.2) is 0 Å². The van der Waals surface area contributed by atoms with Crippen LogP contribution in [0.2, 0.25) is 0 Å². The van der Waals surface area contributed by atoms with Gasteiger partial charge in [0.2, 0.25) is 0 Å². The third kappa shape index (κ3) is 8.92. The summed E-state index contributed by atoms with van der Waals surface area (Å²) in [5, 5.41) is 16.0. The summed E-state index contributed by atoms with van der Waals surface area (Å²) >= 11 is 0. The van der Waals surface area contributed by atoms with Gasteiger partial charge in [-0.15, -0.1) is 0 Å². The standard InChI is InChI=1S/C33H49NO/c1-3-5-24-34(25-6-4-2)26-18-12-10-8-7-9-11-13-23-33(35)32-27-28-19-14-15-20-29(28)30-21-16-17-22-31(30)32/h14-17,19-22,27,33,35H,3-13,18,23-26H2,1-2H3. The van der Waals surface area contributed by atoms with Crippen molar-refractivity contribution >= 4 is 21.5 Å². The predicted octanol–water partition coefficient (Wildman–Crippen LogP) is 9.44. The molecule has 0 bridgehead atoms. The van der Waals surface area contributed by atoms with E-state index >= 15 is 0 Å². The van der Waals surface area contributed by atoms with E-state index in [1.807, 2.05) is 0 Å². The maximum Gasteiger partial charge on any atom is 0.0796 e. The van der Waals surface area contributed by atoms with E-state index in [1.54, 1.807) is 0 Å². The number of hydrogen-bond acceptors (Lipinski definition) is 2. The molecule has 1 N–H and O–H groups in total. The molecule has 1 atom stereocenters. The fourth-order valence-electron chi connectivity index (χ4n) is 5.35. The van der Waals surface area contributed by atoms with Crippen molar-refractivity contribution < 1.29 is 5.11 Å². The van der Waals surface area contributed by atoms with Gasteiger partial charge in [-0.3, -0.25) is 0 Å². The maximum absolute atomic E-state index is 11.0. The molecule has 0 aliphatic carbocycles. The van der Waals surface area contributed by atoms with Gasteiger partial charge in [0.15, 0.2) is 0 Å². The fourth-order valence-corrected chi connectivity index (χ4v) is 5.35. The average Bonchev–Trinajstić information content (AvgIpc) is 2.90. The second-order valence-corrected chi connectivity index (χ2v) is 10.4. The van der Waals surface area contributed by atoms with Gasteiger partial charge in [0.1, 0.15) is 0 Å². The van der Waals surface area contributed by atoms with Gasteiger partial charge < -0.3 is 10.0 Å². The van der Waals surface area contributed by atoms with Crippen LogP contribution in [0.5, 0.6) is 0 Å². The van der Waals surface area contributed by atoms with Gasteiger partial charge in [-0.05, 0) is 78.5 Å². The number of benzene rings is 3. The summed E-state index contributed by atoms with van der Waals surface area (Å²) in [5.41, 5.74) is 1.09. The van der Waals surface area contributed by atoms with Gasteiger partial charge in [0, 0.05) is 0 Å². The minimum atomic E-state index is -0.382. The van der Waals surface area contributed by atoms with Crippen molar-refractivity contribution in [1.82, 2.24) is 4.90 Å². The molecule has 192 valence electrons. The van der Waals surface area contributed by atoms with E-state index in [9.17, 15) is 5.11 Å². The van der Waals surface area contributed by atoms with Crippen molar-refractivity contribution in [1.29, 1.82) is 0 Å². The number of aliphatic hydroxyl groups excluding tert-OH is 1. The van der Waals surface area contributed by atoms with Crippen molar-refractivity contribution in [3.63, 3.8) is 0 Å². The van der Waals surface area contributed by atoms with Gasteiger partial charge in [0.25, 0.3) is 0 Å². The van der Waals surface area contributed by atoms with Gasteiger partial charge >= 0.3 is 0 Å². The number of hydrogen-bond donors (Lipinski definition) is 1. The molecular formula is C33H49NO. The normalized spacial score (nSPS) is 12.7. The van der Waals surface area contributed by atoms with Crippen LogP contribution in [0.15, 0.2) is 54.6 Å². The van der Waals surface area contributed by atoms with E-state index in [0.717, 1.165) is 18.4 Å². The Hall–Kier alpha value is -1.90. The molecule has 0 fully saturated rings. The first-order valence-electron chi connectivity index (χ1n) is 14.6. The van der Waals surface area contributed by atoms with E-state index < -0.39 is 0 Å². The molecule has 35 heavy (non-hydrogen) atoms. The lowest BCUT2D eigenvalue weighted by atomic mass is 9.92. The molecule has 0 amide bonds. The molecule has 3 aromatic rings. The first-order valence-corrected chi connectivity index (χ1v) is 14.6. The summed E-state index contributed by atoms with van der Waals surface area (Å²) in [6, 6.07) is 19.3. The largest absolute Gasteiger partial charge is 0.388 e. The molecule has 0 saturated heterocycles. The zero-order chi connectivity index (χ0) is 24.7. The molecule has 0 radical (unpaired) electrons. The number of unbranched alkanes of at least 4 members (excludes halogenated alkanes) is 9. The Kier molecular flexibility index (Phi) is 12.6. The topological polar surface area (TPSA) is 23.5 Å². The summed E-state index contributed by atoms with van der Waals surface area (Å²) in [7, 11) is 0. The Morgan fingerprint density at radius 1 is 0.600 bits per heavy atom. The smallest absolute Gasteiger partial charge is 0.0796 e. The van der Waals surface area contributed by atoms with Crippen molar-refractivity contribution in [3.05, 3.63) is 60.2 Å². The highest BCUT2D eigenvalue weighted by atomic mass is 16.3. The van der Waals surface area contributed by atoms with Crippen LogP contribution in [0.25, 0.3) is 21.5 Å². The average molecular weight is 476 g/mol. The van der Waals surface area contributed by atoms with Crippen LogP contribution >= 0.6 is 0 Å². The SMILES string of the molecule is CCCCN(CCCC)CCCCCCCCCCC(O)c1cc2ccccc2c2ccccc12. The summed E-state index contributed by atoms with van der Waals surface area (Å²) in [4.78, 5) is 2.69. The molecule has 0 saturated carbocycles. The monoisotopic (exact) mass is 475 g/mol. The highest BCUT2D eigenvalue weighted by molar-refractivity contribution is 6.09. The third-order valence-electron chi connectivity index (χ3n) is 7.52. The summed E-state index contributed by atoms with van der Waals surface area (Å²) in [6.07, 6.45) is 16.2. The first-order chi connectivity index (χ1) is 17.2. The number of rotatable bonds is 18. The van der Waals surface area contributed by atoms with E-state index in [1.165, 1.54) is 112 Å². The molecular weight excluding hydrogens is 426 g/mol. The Labute approximate surface area is 214 Å². The minimum absolute atomic E-state index is 0.382. The number of aliphatic hydroxyl groups is 1. The van der Waals surface area contributed by atoms with E-state index in [-0.39, 0.29) is 6.10 Å². The van der Waals surface area contributed by atoms with Crippen molar-refractivity contribution in [2.45, 2.75) is 103 Å². The highest BCUT2D eigenvalue weighted by Gasteiger charge is 2.13. The zero-order valence-corrected chi connectivity index (χ0v) is 22.5. The van der Waals surface area contributed by atoms with Crippen LogP contribution in [0.3, 0.4) is 0 Å². The van der Waals surface area contributed by atoms with Gasteiger partial charge in [-0.2, -0.15) is 0 Å². The third-order valence-corrected chi connectivity index (χ3v) is 7.52. The van der Waals surface area contributed by atoms with E-state index in [4.69, 9.17) is 0 Å². The van der Waals surface area contributed by atoms with Crippen LogP contribution in [-0.2, 0) is 0 Å². The highest BCUT2D eigenvalue weighted by Crippen LogP contribution is 2.33. The second-order valence-electron chi connectivity index (χ2n) is 10.4. The van der Waals surface area contributed by atoms with Crippen molar-refractivity contribution in [2.24, 2.45) is 0 Å².